The van der Waals surface area contributed by atoms with Crippen molar-refractivity contribution in [1.29, 1.82) is 5.41 Å². The lowest BCUT2D eigenvalue weighted by atomic mass is 10.0. The molecule has 1 saturated carbocycles. The Hall–Kier alpha value is -4.18. The molecular formula is C30H33N5O4S. The van der Waals surface area contributed by atoms with E-state index in [0.717, 1.165) is 16.9 Å². The molecule has 1 aliphatic carbocycles. The van der Waals surface area contributed by atoms with Gasteiger partial charge in [0.25, 0.3) is 5.91 Å². The van der Waals surface area contributed by atoms with Gasteiger partial charge in [0.15, 0.2) is 0 Å². The third-order valence-electron chi connectivity index (χ3n) is 7.75. The number of nitrogens with one attached hydrogen (secondary N) is 3. The van der Waals surface area contributed by atoms with Crippen molar-refractivity contribution in [2.24, 2.45) is 11.1 Å². The number of nitrogen functional groups attached to an aromatic ring is 1. The Kier molecular flexibility index (Phi) is 7.37. The van der Waals surface area contributed by atoms with Gasteiger partial charge in [-0.25, -0.2) is 0 Å². The summed E-state index contributed by atoms with van der Waals surface area (Å²) in [5, 5.41) is 15.1. The molecule has 40 heavy (non-hydrogen) atoms. The second-order valence-corrected chi connectivity index (χ2v) is 11.8. The SMILES string of the molecule is Cc1cc(C(=O)NCC(=O)N2[C@H]3C[C@@]3(C)C[C@H]2C(=O)NC(C)c2cc(C(=N)N)cs2)ccc1Oc1ccccc1. The number of benzene rings is 2. The van der Waals surface area contributed by atoms with Gasteiger partial charge in [-0.05, 0) is 74.1 Å². The zero-order valence-corrected chi connectivity index (χ0v) is 23.5. The fourth-order valence-electron chi connectivity index (χ4n) is 5.33. The maximum Gasteiger partial charge on any atom is 0.251 e. The first-order valence-electron chi connectivity index (χ1n) is 13.2. The lowest BCUT2D eigenvalue weighted by Gasteiger charge is -2.28. The highest BCUT2D eigenvalue weighted by atomic mass is 32.1. The first-order valence-corrected chi connectivity index (χ1v) is 14.1. The molecule has 10 heteroatoms. The zero-order valence-electron chi connectivity index (χ0n) is 22.7. The number of fused-ring (bicyclic) bond motifs is 1. The number of nitrogens with zero attached hydrogens (tertiary/aromatic N) is 1. The standard InChI is InChI=1S/C30H33N5O4S/c1-17-11-19(9-10-23(17)39-21-7-5-4-6-8-21)28(37)33-15-26(36)35-22(13-30(3)14-25(30)35)29(38)34-18(2)24-12-20(16-40-24)27(31)32/h4-12,16,18,22,25H,13-15H2,1-3H3,(H3,31,32)(H,33,37)(H,34,38)/t18?,22-,25-,30+/m0/s1. The largest absolute Gasteiger partial charge is 0.457 e. The molecular weight excluding hydrogens is 526 g/mol. The van der Waals surface area contributed by atoms with Crippen LogP contribution in [0.2, 0.25) is 0 Å². The molecule has 5 rings (SSSR count). The number of hydrogen-bond acceptors (Lipinski definition) is 6. The van der Waals surface area contributed by atoms with Crippen LogP contribution in [0, 0.1) is 17.7 Å². The van der Waals surface area contributed by atoms with E-state index >= 15 is 0 Å². The van der Waals surface area contributed by atoms with Crippen LogP contribution in [0.25, 0.3) is 0 Å². The Morgan fingerprint density at radius 1 is 1.15 bits per heavy atom. The van der Waals surface area contributed by atoms with Crippen LogP contribution in [0.5, 0.6) is 11.5 Å². The smallest absolute Gasteiger partial charge is 0.251 e. The van der Waals surface area contributed by atoms with E-state index in [-0.39, 0.29) is 47.6 Å². The number of amides is 3. The first kappa shape index (κ1) is 27.4. The Balaban J connectivity index is 1.20. The number of amidine groups is 1. The average molecular weight is 560 g/mol. The zero-order chi connectivity index (χ0) is 28.6. The van der Waals surface area contributed by atoms with Crippen LogP contribution < -0.4 is 21.1 Å². The molecule has 1 aromatic heterocycles. The second-order valence-electron chi connectivity index (χ2n) is 10.9. The molecule has 1 unspecified atom stereocenters. The van der Waals surface area contributed by atoms with E-state index < -0.39 is 6.04 Å². The second kappa shape index (κ2) is 10.8. The average Bonchev–Trinajstić information content (AvgIpc) is 3.26. The number of carbonyl (C=O) groups is 3. The maximum absolute atomic E-state index is 13.3. The van der Waals surface area contributed by atoms with Gasteiger partial charge in [-0.1, -0.05) is 25.1 Å². The van der Waals surface area contributed by atoms with Crippen molar-refractivity contribution < 1.29 is 19.1 Å². The minimum Gasteiger partial charge on any atom is -0.457 e. The summed E-state index contributed by atoms with van der Waals surface area (Å²) in [7, 11) is 0. The van der Waals surface area contributed by atoms with Gasteiger partial charge in [-0.3, -0.25) is 19.8 Å². The van der Waals surface area contributed by atoms with Crippen LogP contribution in [-0.2, 0) is 9.59 Å². The van der Waals surface area contributed by atoms with E-state index in [1.807, 2.05) is 44.2 Å². The van der Waals surface area contributed by atoms with Crippen molar-refractivity contribution in [1.82, 2.24) is 15.5 Å². The maximum atomic E-state index is 13.3. The molecule has 2 heterocycles. The van der Waals surface area contributed by atoms with Crippen molar-refractivity contribution in [2.75, 3.05) is 6.54 Å². The lowest BCUT2D eigenvalue weighted by Crippen LogP contribution is -2.51. The molecule has 2 aromatic carbocycles. The van der Waals surface area contributed by atoms with E-state index in [0.29, 0.717) is 29.0 Å². The molecule has 0 radical (unpaired) electrons. The predicted molar refractivity (Wildman–Crippen MR) is 154 cm³/mol. The van der Waals surface area contributed by atoms with Crippen molar-refractivity contribution in [3.05, 3.63) is 81.5 Å². The number of piperidine rings is 1. The van der Waals surface area contributed by atoms with Gasteiger partial charge in [0.05, 0.1) is 12.6 Å². The number of para-hydroxylation sites is 1. The molecule has 9 nitrogen and oxygen atoms in total. The summed E-state index contributed by atoms with van der Waals surface area (Å²) >= 11 is 1.43. The number of rotatable bonds is 9. The van der Waals surface area contributed by atoms with E-state index in [4.69, 9.17) is 15.9 Å². The summed E-state index contributed by atoms with van der Waals surface area (Å²) < 4.78 is 5.89. The summed E-state index contributed by atoms with van der Waals surface area (Å²) in [4.78, 5) is 42.0. The van der Waals surface area contributed by atoms with E-state index in [9.17, 15) is 14.4 Å². The minimum atomic E-state index is -0.598. The van der Waals surface area contributed by atoms with Gasteiger partial charge in [-0.2, -0.15) is 0 Å². The molecule has 3 amide bonds. The minimum absolute atomic E-state index is 0.00863. The Labute approximate surface area is 237 Å². The van der Waals surface area contributed by atoms with Crippen molar-refractivity contribution in [3.8, 4) is 11.5 Å². The predicted octanol–water partition coefficient (Wildman–Crippen LogP) is 4.12. The summed E-state index contributed by atoms with van der Waals surface area (Å²) in [5.41, 5.74) is 7.32. The highest BCUT2D eigenvalue weighted by molar-refractivity contribution is 7.10. The van der Waals surface area contributed by atoms with Crippen LogP contribution in [0.15, 0.2) is 60.0 Å². The summed E-state index contributed by atoms with van der Waals surface area (Å²) in [6.07, 6.45) is 1.43. The Morgan fingerprint density at radius 2 is 1.90 bits per heavy atom. The molecule has 1 aliphatic heterocycles. The van der Waals surface area contributed by atoms with E-state index in [2.05, 4.69) is 17.6 Å². The number of carbonyl (C=O) groups excluding carboxylic acids is 3. The van der Waals surface area contributed by atoms with Crippen LogP contribution >= 0.6 is 11.3 Å². The fraction of sp³-hybridized carbons (Fsp3) is 0.333. The van der Waals surface area contributed by atoms with Gasteiger partial charge >= 0.3 is 0 Å². The number of hydrogen-bond donors (Lipinski definition) is 4. The van der Waals surface area contributed by atoms with Crippen LogP contribution in [0.4, 0.5) is 0 Å². The first-order chi connectivity index (χ1) is 19.1. The topological polar surface area (TPSA) is 138 Å². The number of thiophene rings is 1. The molecule has 5 N–H and O–H groups in total. The summed E-state index contributed by atoms with van der Waals surface area (Å²) in [6, 6.07) is 15.4. The highest BCUT2D eigenvalue weighted by Crippen LogP contribution is 2.59. The van der Waals surface area contributed by atoms with Gasteiger partial charge in [0.2, 0.25) is 11.8 Å². The van der Waals surface area contributed by atoms with E-state index in [1.54, 1.807) is 34.5 Å². The molecule has 0 bridgehead atoms. The van der Waals surface area contributed by atoms with Gasteiger partial charge < -0.3 is 26.0 Å². The molecule has 1 saturated heterocycles. The molecule has 0 spiro atoms. The number of nitrogens with two attached hydrogens (primary N) is 1. The van der Waals surface area contributed by atoms with Crippen LogP contribution in [0.1, 0.15) is 59.1 Å². The fourth-order valence-corrected chi connectivity index (χ4v) is 6.25. The van der Waals surface area contributed by atoms with Gasteiger partial charge in [-0.15, -0.1) is 11.3 Å². The normalized spacial score (nSPS) is 21.7. The monoisotopic (exact) mass is 559 g/mol. The molecule has 3 aromatic rings. The Bertz CT molecular complexity index is 1470. The third kappa shape index (κ3) is 5.58. The number of ether oxygens (including phenoxy) is 1. The van der Waals surface area contributed by atoms with E-state index in [1.165, 1.54) is 11.3 Å². The molecule has 4 atom stereocenters. The van der Waals surface area contributed by atoms with Crippen LogP contribution in [-0.4, -0.2) is 47.1 Å². The number of likely N-dealkylation sites (tertiary alicyclic amines) is 1. The van der Waals surface area contributed by atoms with Crippen molar-refractivity contribution in [2.45, 2.75) is 51.7 Å². The highest BCUT2D eigenvalue weighted by Gasteiger charge is 2.64. The molecule has 208 valence electrons. The quantitative estimate of drug-likeness (QED) is 0.231. The summed E-state index contributed by atoms with van der Waals surface area (Å²) in [5.74, 6) is 0.470. The molecule has 2 fully saturated rings. The van der Waals surface area contributed by atoms with Crippen molar-refractivity contribution >= 4 is 34.9 Å². The third-order valence-corrected chi connectivity index (χ3v) is 8.87. The molecule has 2 aliphatic rings. The lowest BCUT2D eigenvalue weighted by molar-refractivity contribution is -0.139. The van der Waals surface area contributed by atoms with Crippen LogP contribution in [0.3, 0.4) is 0 Å². The number of aryl methyl sites for hydroxylation is 1. The summed E-state index contributed by atoms with van der Waals surface area (Å²) in [6.45, 7) is 5.63. The van der Waals surface area contributed by atoms with Crippen molar-refractivity contribution in [3.63, 3.8) is 0 Å². The Morgan fingerprint density at radius 3 is 2.58 bits per heavy atom. The van der Waals surface area contributed by atoms with Gasteiger partial charge in [0.1, 0.15) is 23.4 Å². The van der Waals surface area contributed by atoms with Gasteiger partial charge in [0, 0.05) is 27.4 Å².